The van der Waals surface area contributed by atoms with Gasteiger partial charge in [0, 0.05) is 21.9 Å². The van der Waals surface area contributed by atoms with Crippen molar-refractivity contribution in [2.45, 2.75) is 49.8 Å². The number of amides is 1. The van der Waals surface area contributed by atoms with Crippen molar-refractivity contribution in [2.24, 2.45) is 17.8 Å². The number of benzene rings is 1. The van der Waals surface area contributed by atoms with E-state index in [0.29, 0.717) is 22.1 Å². The predicted molar refractivity (Wildman–Crippen MR) is 96.6 cm³/mol. The highest BCUT2D eigenvalue weighted by Gasteiger charge is 2.51. The lowest BCUT2D eigenvalue weighted by atomic mass is 9.53. The average Bonchev–Trinajstić information content (AvgIpc) is 2.48. The van der Waals surface area contributed by atoms with Crippen molar-refractivity contribution in [3.63, 3.8) is 0 Å². The Morgan fingerprint density at radius 2 is 1.83 bits per heavy atom. The van der Waals surface area contributed by atoms with Gasteiger partial charge in [0.1, 0.15) is 5.82 Å². The second kappa shape index (κ2) is 6.53. The lowest BCUT2D eigenvalue weighted by Crippen LogP contribution is -2.60. The van der Waals surface area contributed by atoms with E-state index in [1.165, 1.54) is 37.1 Å². The van der Waals surface area contributed by atoms with E-state index in [9.17, 15) is 9.18 Å². The van der Waals surface area contributed by atoms with Crippen molar-refractivity contribution in [1.82, 2.24) is 5.32 Å². The largest absolute Gasteiger partial charge is 0.350 e. The Labute approximate surface area is 151 Å². The summed E-state index contributed by atoms with van der Waals surface area (Å²) in [6.07, 6.45) is 7.60. The van der Waals surface area contributed by atoms with Gasteiger partial charge in [-0.15, -0.1) is 11.8 Å². The molecule has 1 aromatic carbocycles. The van der Waals surface area contributed by atoms with Gasteiger partial charge in [0.25, 0.3) is 0 Å². The van der Waals surface area contributed by atoms with E-state index >= 15 is 0 Å². The zero-order valence-electron chi connectivity index (χ0n) is 13.7. The van der Waals surface area contributed by atoms with Crippen LogP contribution in [0.2, 0.25) is 5.02 Å². The van der Waals surface area contributed by atoms with Gasteiger partial charge in [0.15, 0.2) is 0 Å². The average molecular weight is 368 g/mol. The summed E-state index contributed by atoms with van der Waals surface area (Å²) in [7, 11) is 0. The third-order valence-electron chi connectivity index (χ3n) is 5.98. The number of halogens is 2. The molecule has 0 atom stereocenters. The third-order valence-corrected chi connectivity index (χ3v) is 7.30. The highest BCUT2D eigenvalue weighted by atomic mass is 35.5. The van der Waals surface area contributed by atoms with Crippen LogP contribution in [0.1, 0.15) is 44.1 Å². The number of carbonyl (C=O) groups excluding carboxylic acids is 1. The van der Waals surface area contributed by atoms with Gasteiger partial charge in [0.2, 0.25) is 5.91 Å². The van der Waals surface area contributed by atoms with Crippen LogP contribution in [0.5, 0.6) is 0 Å². The van der Waals surface area contributed by atoms with Crippen LogP contribution in [0.25, 0.3) is 0 Å². The fraction of sp³-hybridized carbons (Fsp3) is 0.632. The number of nitrogens with one attached hydrogen (secondary N) is 1. The molecule has 0 radical (unpaired) electrons. The molecule has 0 heterocycles. The monoisotopic (exact) mass is 367 g/mol. The standard InChI is InChI=1S/C19H23ClFNOS/c20-16-2-1-3-17(21)15(16)10-24-11-18(23)22-19-7-12-4-13(8-19)6-14(5-12)9-19/h1-3,12-14H,4-11H2,(H,22,23). The summed E-state index contributed by atoms with van der Waals surface area (Å²) < 4.78 is 13.8. The summed E-state index contributed by atoms with van der Waals surface area (Å²) in [4.78, 5) is 12.4. The molecular formula is C19H23ClFNOS. The van der Waals surface area contributed by atoms with Crippen molar-refractivity contribution in [1.29, 1.82) is 0 Å². The first-order valence-corrected chi connectivity index (χ1v) is 10.4. The molecular weight excluding hydrogens is 345 g/mol. The Morgan fingerprint density at radius 3 is 2.42 bits per heavy atom. The lowest BCUT2D eigenvalue weighted by Gasteiger charge is -2.56. The molecule has 0 saturated heterocycles. The van der Waals surface area contributed by atoms with E-state index in [0.717, 1.165) is 37.0 Å². The van der Waals surface area contributed by atoms with E-state index in [-0.39, 0.29) is 17.3 Å². The maximum Gasteiger partial charge on any atom is 0.230 e. The Kier molecular flexibility index (Phi) is 4.55. The first kappa shape index (κ1) is 16.7. The summed E-state index contributed by atoms with van der Waals surface area (Å²) in [5.41, 5.74) is 0.550. The van der Waals surface area contributed by atoms with E-state index in [1.807, 2.05) is 0 Å². The van der Waals surface area contributed by atoms with Crippen molar-refractivity contribution in [3.8, 4) is 0 Å². The van der Waals surface area contributed by atoms with Gasteiger partial charge in [0.05, 0.1) is 5.75 Å². The summed E-state index contributed by atoms with van der Waals surface area (Å²) in [6, 6.07) is 4.71. The van der Waals surface area contributed by atoms with Crippen molar-refractivity contribution in [2.75, 3.05) is 5.75 Å². The molecule has 1 N–H and O–H groups in total. The molecule has 0 spiro atoms. The fourth-order valence-electron chi connectivity index (χ4n) is 5.51. The Morgan fingerprint density at radius 1 is 1.21 bits per heavy atom. The molecule has 1 aromatic rings. The minimum absolute atomic E-state index is 0.0576. The lowest BCUT2D eigenvalue weighted by molar-refractivity contribution is -0.124. The van der Waals surface area contributed by atoms with Crippen molar-refractivity contribution < 1.29 is 9.18 Å². The molecule has 2 nitrogen and oxygen atoms in total. The predicted octanol–water partition coefficient (Wildman–Crippen LogP) is 4.80. The van der Waals surface area contributed by atoms with Crippen LogP contribution in [0.15, 0.2) is 18.2 Å². The number of hydrogen-bond donors (Lipinski definition) is 1. The summed E-state index contributed by atoms with van der Waals surface area (Å²) in [6.45, 7) is 0. The number of thioether (sulfide) groups is 1. The van der Waals surface area contributed by atoms with Crippen LogP contribution in [-0.2, 0) is 10.5 Å². The highest BCUT2D eigenvalue weighted by Crippen LogP contribution is 2.55. The normalized spacial score (nSPS) is 33.7. The van der Waals surface area contributed by atoms with Crippen molar-refractivity contribution in [3.05, 3.63) is 34.6 Å². The van der Waals surface area contributed by atoms with Gasteiger partial charge >= 0.3 is 0 Å². The van der Waals surface area contributed by atoms with Gasteiger partial charge in [-0.05, 0) is 68.4 Å². The van der Waals surface area contributed by atoms with E-state index < -0.39 is 0 Å². The molecule has 130 valence electrons. The number of carbonyl (C=O) groups is 1. The van der Waals surface area contributed by atoms with Crippen LogP contribution in [-0.4, -0.2) is 17.2 Å². The minimum atomic E-state index is -0.295. The van der Waals surface area contributed by atoms with Crippen molar-refractivity contribution >= 4 is 29.3 Å². The molecule has 4 bridgehead atoms. The van der Waals surface area contributed by atoms with Crippen LogP contribution >= 0.6 is 23.4 Å². The van der Waals surface area contributed by atoms with Crippen LogP contribution in [0.3, 0.4) is 0 Å². The van der Waals surface area contributed by atoms with E-state index in [4.69, 9.17) is 11.6 Å². The topological polar surface area (TPSA) is 29.1 Å². The SMILES string of the molecule is O=C(CSCc1c(F)cccc1Cl)NC12CC3CC(CC(C3)C1)C2. The number of hydrogen-bond acceptors (Lipinski definition) is 2. The van der Waals surface area contributed by atoms with Gasteiger partial charge in [-0.2, -0.15) is 0 Å². The minimum Gasteiger partial charge on any atom is -0.350 e. The molecule has 0 aliphatic heterocycles. The Bertz CT molecular complexity index is 595. The number of rotatable bonds is 5. The molecule has 5 rings (SSSR count). The van der Waals surface area contributed by atoms with E-state index in [1.54, 1.807) is 12.1 Å². The second-order valence-electron chi connectivity index (χ2n) is 7.94. The van der Waals surface area contributed by atoms with Crippen LogP contribution in [0, 0.1) is 23.6 Å². The van der Waals surface area contributed by atoms with Gasteiger partial charge in [-0.3, -0.25) is 4.79 Å². The second-order valence-corrected chi connectivity index (χ2v) is 9.33. The Balaban J connectivity index is 1.31. The van der Waals surface area contributed by atoms with Gasteiger partial charge in [-0.1, -0.05) is 17.7 Å². The van der Waals surface area contributed by atoms with E-state index in [2.05, 4.69) is 5.32 Å². The molecule has 4 fully saturated rings. The third kappa shape index (κ3) is 3.32. The quantitative estimate of drug-likeness (QED) is 0.810. The fourth-order valence-corrected chi connectivity index (χ4v) is 6.68. The van der Waals surface area contributed by atoms with Crippen LogP contribution in [0.4, 0.5) is 4.39 Å². The highest BCUT2D eigenvalue weighted by molar-refractivity contribution is 7.99. The van der Waals surface area contributed by atoms with Gasteiger partial charge < -0.3 is 5.32 Å². The molecule has 4 saturated carbocycles. The maximum absolute atomic E-state index is 13.8. The molecule has 24 heavy (non-hydrogen) atoms. The zero-order valence-corrected chi connectivity index (χ0v) is 15.3. The smallest absolute Gasteiger partial charge is 0.230 e. The van der Waals surface area contributed by atoms with Gasteiger partial charge in [-0.25, -0.2) is 4.39 Å². The first-order valence-electron chi connectivity index (χ1n) is 8.85. The summed E-state index contributed by atoms with van der Waals surface area (Å²) in [5, 5.41) is 3.79. The molecule has 0 aromatic heterocycles. The molecule has 1 amide bonds. The molecule has 4 aliphatic carbocycles. The zero-order chi connectivity index (χ0) is 16.7. The summed E-state index contributed by atoms with van der Waals surface area (Å²) >= 11 is 7.47. The maximum atomic E-state index is 13.8. The molecule has 5 heteroatoms. The Hall–Kier alpha value is -0.740. The molecule has 4 aliphatic rings. The van der Waals surface area contributed by atoms with Crippen LogP contribution < -0.4 is 5.32 Å². The first-order chi connectivity index (χ1) is 11.5. The summed E-state index contributed by atoms with van der Waals surface area (Å²) in [5.74, 6) is 3.06. The molecule has 0 unspecified atom stereocenters.